The fourth-order valence-corrected chi connectivity index (χ4v) is 4.94. The van der Waals surface area contributed by atoms with Crippen LogP contribution < -0.4 is 5.32 Å². The van der Waals surface area contributed by atoms with Gasteiger partial charge in [0.1, 0.15) is 5.82 Å². The number of hydrogen-bond donors (Lipinski definition) is 1. The lowest BCUT2D eigenvalue weighted by molar-refractivity contribution is -0.117. The largest absolute Gasteiger partial charge is 0.335 e. The molecule has 0 radical (unpaired) electrons. The Hall–Kier alpha value is -2.77. The number of rotatable bonds is 4. The van der Waals surface area contributed by atoms with Crippen molar-refractivity contribution >= 4 is 38.9 Å². The van der Waals surface area contributed by atoms with Crippen LogP contribution in [0.2, 0.25) is 0 Å². The molecule has 0 unspecified atom stereocenters. The second kappa shape index (κ2) is 8.53. The van der Waals surface area contributed by atoms with Crippen molar-refractivity contribution in [2.75, 3.05) is 38.0 Å². The summed E-state index contributed by atoms with van der Waals surface area (Å²) >= 11 is 1.34. The molecule has 0 atom stereocenters. The van der Waals surface area contributed by atoms with E-state index in [0.717, 1.165) is 16.0 Å². The Kier molecular flexibility index (Phi) is 5.83. The molecule has 5 nitrogen and oxygen atoms in total. The molecule has 1 aromatic heterocycles. The normalized spacial score (nSPS) is 14.8. The van der Waals surface area contributed by atoms with Crippen LogP contribution in [-0.4, -0.2) is 54.3 Å². The smallest absolute Gasteiger partial charge is 0.264 e. The molecule has 156 valence electrons. The van der Waals surface area contributed by atoms with E-state index in [2.05, 4.69) is 5.32 Å². The molecule has 30 heavy (non-hydrogen) atoms. The van der Waals surface area contributed by atoms with Crippen LogP contribution in [0, 0.1) is 19.7 Å². The van der Waals surface area contributed by atoms with Gasteiger partial charge in [-0.2, -0.15) is 0 Å². The molecule has 2 amide bonds. The summed E-state index contributed by atoms with van der Waals surface area (Å²) in [6, 6.07) is 12.6. The van der Waals surface area contributed by atoms with E-state index in [9.17, 15) is 14.0 Å². The van der Waals surface area contributed by atoms with Crippen LogP contribution in [0.25, 0.3) is 10.1 Å². The number of fused-ring (bicyclic) bond motifs is 1. The Morgan fingerprint density at radius 2 is 1.73 bits per heavy atom. The first-order valence-corrected chi connectivity index (χ1v) is 10.8. The molecule has 1 aliphatic heterocycles. The molecule has 2 heterocycles. The quantitative estimate of drug-likeness (QED) is 0.686. The molecule has 1 fully saturated rings. The Bertz CT molecular complexity index is 1090. The summed E-state index contributed by atoms with van der Waals surface area (Å²) in [5.74, 6) is -0.406. The van der Waals surface area contributed by atoms with E-state index in [1.165, 1.54) is 17.4 Å². The first-order valence-electron chi connectivity index (χ1n) is 9.98. The molecule has 1 saturated heterocycles. The molecule has 7 heteroatoms. The molecule has 0 saturated carbocycles. The van der Waals surface area contributed by atoms with Gasteiger partial charge in [0.2, 0.25) is 5.91 Å². The van der Waals surface area contributed by atoms with Crippen LogP contribution in [0.3, 0.4) is 0 Å². The maximum atomic E-state index is 14.2. The van der Waals surface area contributed by atoms with Gasteiger partial charge in [0.25, 0.3) is 5.91 Å². The average molecular weight is 426 g/mol. The first kappa shape index (κ1) is 20.5. The van der Waals surface area contributed by atoms with Crippen LogP contribution >= 0.6 is 11.3 Å². The molecule has 4 rings (SSSR count). The van der Waals surface area contributed by atoms with Gasteiger partial charge in [-0.3, -0.25) is 14.5 Å². The number of carbonyl (C=O) groups excluding carboxylic acids is 2. The van der Waals surface area contributed by atoms with E-state index in [-0.39, 0.29) is 17.6 Å². The van der Waals surface area contributed by atoms with Crippen molar-refractivity contribution in [3.8, 4) is 0 Å². The molecular formula is C23H24FN3O2S. The maximum Gasteiger partial charge on any atom is 0.264 e. The topological polar surface area (TPSA) is 52.7 Å². The zero-order valence-corrected chi connectivity index (χ0v) is 17.9. The van der Waals surface area contributed by atoms with Crippen molar-refractivity contribution < 1.29 is 14.0 Å². The minimum absolute atomic E-state index is 0.0585. The average Bonchev–Trinajstić information content (AvgIpc) is 3.07. The fraction of sp³-hybridized carbons (Fsp3) is 0.304. The highest BCUT2D eigenvalue weighted by molar-refractivity contribution is 7.21. The summed E-state index contributed by atoms with van der Waals surface area (Å²) in [5.41, 5.74) is 2.63. The number of carbonyl (C=O) groups is 2. The van der Waals surface area contributed by atoms with Gasteiger partial charge in [0.15, 0.2) is 0 Å². The van der Waals surface area contributed by atoms with Gasteiger partial charge in [-0.05, 0) is 43.7 Å². The van der Waals surface area contributed by atoms with Crippen molar-refractivity contribution in [3.05, 3.63) is 64.3 Å². The van der Waals surface area contributed by atoms with Gasteiger partial charge in [-0.1, -0.05) is 23.8 Å². The maximum absolute atomic E-state index is 14.2. The van der Waals surface area contributed by atoms with Crippen LogP contribution in [0.1, 0.15) is 20.8 Å². The predicted molar refractivity (Wildman–Crippen MR) is 119 cm³/mol. The second-order valence-electron chi connectivity index (χ2n) is 7.65. The SMILES string of the molecule is Cc1ccc(NC(=O)CN2CCN(C(=O)c3sc4cccc(F)c4c3C)CC2)cc1. The third-order valence-corrected chi connectivity index (χ3v) is 6.70. The van der Waals surface area contributed by atoms with Crippen molar-refractivity contribution in [2.45, 2.75) is 13.8 Å². The molecule has 3 aromatic rings. The third-order valence-electron chi connectivity index (χ3n) is 5.46. The van der Waals surface area contributed by atoms with Crippen LogP contribution in [0.15, 0.2) is 42.5 Å². The summed E-state index contributed by atoms with van der Waals surface area (Å²) < 4.78 is 14.9. The second-order valence-corrected chi connectivity index (χ2v) is 8.70. The van der Waals surface area contributed by atoms with E-state index in [4.69, 9.17) is 0 Å². The van der Waals surface area contributed by atoms with E-state index in [0.29, 0.717) is 48.6 Å². The number of piperazine rings is 1. The van der Waals surface area contributed by atoms with Gasteiger partial charge >= 0.3 is 0 Å². The number of hydrogen-bond acceptors (Lipinski definition) is 4. The number of thiophene rings is 1. The highest BCUT2D eigenvalue weighted by Crippen LogP contribution is 2.33. The van der Waals surface area contributed by atoms with Crippen LogP contribution in [0.4, 0.5) is 10.1 Å². The van der Waals surface area contributed by atoms with Crippen molar-refractivity contribution in [1.29, 1.82) is 0 Å². The number of anilines is 1. The van der Waals surface area contributed by atoms with Gasteiger partial charge in [0.05, 0.1) is 11.4 Å². The summed E-state index contributed by atoms with van der Waals surface area (Å²) in [5, 5.41) is 3.45. The molecular weight excluding hydrogens is 401 g/mol. The number of benzene rings is 2. The van der Waals surface area contributed by atoms with Crippen molar-refractivity contribution in [1.82, 2.24) is 9.80 Å². The molecule has 0 spiro atoms. The van der Waals surface area contributed by atoms with Crippen LogP contribution in [0.5, 0.6) is 0 Å². The number of aryl methyl sites for hydroxylation is 2. The summed E-state index contributed by atoms with van der Waals surface area (Å²) in [4.78, 5) is 29.8. The van der Waals surface area contributed by atoms with Crippen molar-refractivity contribution in [2.24, 2.45) is 0 Å². The molecule has 0 aliphatic carbocycles. The lowest BCUT2D eigenvalue weighted by Gasteiger charge is -2.34. The Morgan fingerprint density at radius 1 is 1.03 bits per heavy atom. The van der Waals surface area contributed by atoms with E-state index in [1.807, 2.05) is 42.2 Å². The molecule has 1 aliphatic rings. The monoisotopic (exact) mass is 425 g/mol. The highest BCUT2D eigenvalue weighted by Gasteiger charge is 2.26. The number of amides is 2. The van der Waals surface area contributed by atoms with Crippen LogP contribution in [-0.2, 0) is 4.79 Å². The standard InChI is InChI=1S/C23H24FN3O2S/c1-15-6-8-17(9-7-15)25-20(28)14-26-10-12-27(13-11-26)23(29)22-16(2)21-18(24)4-3-5-19(21)30-22/h3-9H,10-14H2,1-2H3,(H,25,28). The van der Waals surface area contributed by atoms with Crippen molar-refractivity contribution in [3.63, 3.8) is 0 Å². The number of nitrogens with zero attached hydrogens (tertiary/aromatic N) is 2. The van der Waals surface area contributed by atoms with Gasteiger partial charge in [0, 0.05) is 42.0 Å². The minimum atomic E-state index is -0.287. The molecule has 2 aromatic carbocycles. The number of halogens is 1. The predicted octanol–water partition coefficient (Wildman–Crippen LogP) is 4.05. The summed E-state index contributed by atoms with van der Waals surface area (Å²) in [6.07, 6.45) is 0. The van der Waals surface area contributed by atoms with E-state index < -0.39 is 0 Å². The zero-order chi connectivity index (χ0) is 21.3. The minimum Gasteiger partial charge on any atom is -0.335 e. The van der Waals surface area contributed by atoms with Gasteiger partial charge < -0.3 is 10.2 Å². The first-order chi connectivity index (χ1) is 14.4. The molecule has 0 bridgehead atoms. The number of nitrogens with one attached hydrogen (secondary N) is 1. The lowest BCUT2D eigenvalue weighted by atomic mass is 10.1. The lowest BCUT2D eigenvalue weighted by Crippen LogP contribution is -2.50. The Balaban J connectivity index is 1.35. The van der Waals surface area contributed by atoms with E-state index in [1.54, 1.807) is 17.9 Å². The van der Waals surface area contributed by atoms with Gasteiger partial charge in [-0.25, -0.2) is 4.39 Å². The Morgan fingerprint density at radius 3 is 2.40 bits per heavy atom. The summed E-state index contributed by atoms with van der Waals surface area (Å²) in [6.45, 7) is 6.46. The zero-order valence-electron chi connectivity index (χ0n) is 17.1. The van der Waals surface area contributed by atoms with E-state index >= 15 is 0 Å². The molecule has 1 N–H and O–H groups in total. The fourth-order valence-electron chi connectivity index (χ4n) is 3.75. The summed E-state index contributed by atoms with van der Waals surface area (Å²) in [7, 11) is 0. The highest BCUT2D eigenvalue weighted by atomic mass is 32.1. The van der Waals surface area contributed by atoms with Gasteiger partial charge in [-0.15, -0.1) is 11.3 Å². The third kappa shape index (κ3) is 4.22. The Labute approximate surface area is 179 Å².